The lowest BCUT2D eigenvalue weighted by atomic mass is 10.2. The van der Waals surface area contributed by atoms with Crippen molar-refractivity contribution in [2.75, 3.05) is 19.6 Å². The number of terminal acetylenes is 1. The molecule has 18 heavy (non-hydrogen) atoms. The number of furan rings is 1. The molecule has 0 aliphatic heterocycles. The summed E-state index contributed by atoms with van der Waals surface area (Å²) in [5.41, 5.74) is 1.24. The Hall–Kier alpha value is -1.24. The normalized spacial score (nSPS) is 10.8. The van der Waals surface area contributed by atoms with Crippen molar-refractivity contribution in [3.8, 4) is 12.3 Å². The molecule has 1 N–H and O–H groups in total. The first-order valence-corrected chi connectivity index (χ1v) is 6.73. The Morgan fingerprint density at radius 2 is 2.22 bits per heavy atom. The summed E-state index contributed by atoms with van der Waals surface area (Å²) in [6, 6.07) is 2.04. The molecule has 0 saturated heterocycles. The molecule has 100 valence electrons. The molecule has 0 spiro atoms. The largest absolute Gasteiger partial charge is 0.468 e. The second-order valence-corrected chi connectivity index (χ2v) is 4.46. The third-order valence-electron chi connectivity index (χ3n) is 2.80. The van der Waals surface area contributed by atoms with Crippen molar-refractivity contribution in [1.29, 1.82) is 0 Å². The SMILES string of the molecule is C#CCN(CCC)Cc1ccoc1CNCCC. The van der Waals surface area contributed by atoms with E-state index in [0.717, 1.165) is 44.8 Å². The van der Waals surface area contributed by atoms with Crippen molar-refractivity contribution in [1.82, 2.24) is 10.2 Å². The Balaban J connectivity index is 2.54. The van der Waals surface area contributed by atoms with Crippen LogP contribution in [0.3, 0.4) is 0 Å². The van der Waals surface area contributed by atoms with Gasteiger partial charge in [-0.05, 0) is 32.0 Å². The molecular formula is C15H24N2O. The van der Waals surface area contributed by atoms with Gasteiger partial charge in [-0.3, -0.25) is 4.90 Å². The number of rotatable bonds is 9. The fourth-order valence-corrected chi connectivity index (χ4v) is 1.94. The van der Waals surface area contributed by atoms with E-state index in [0.29, 0.717) is 6.54 Å². The Morgan fingerprint density at radius 1 is 1.39 bits per heavy atom. The molecular weight excluding hydrogens is 224 g/mol. The van der Waals surface area contributed by atoms with Gasteiger partial charge in [-0.1, -0.05) is 19.8 Å². The third-order valence-corrected chi connectivity index (χ3v) is 2.80. The first-order valence-electron chi connectivity index (χ1n) is 6.73. The predicted molar refractivity (Wildman–Crippen MR) is 75.1 cm³/mol. The van der Waals surface area contributed by atoms with E-state index < -0.39 is 0 Å². The predicted octanol–water partition coefficient (Wildman–Crippen LogP) is 2.62. The Bertz CT molecular complexity index is 365. The van der Waals surface area contributed by atoms with Gasteiger partial charge in [0.2, 0.25) is 0 Å². The van der Waals surface area contributed by atoms with Crippen molar-refractivity contribution < 1.29 is 4.42 Å². The zero-order chi connectivity index (χ0) is 13.2. The average Bonchev–Trinajstić information content (AvgIpc) is 2.78. The fraction of sp³-hybridized carbons (Fsp3) is 0.600. The van der Waals surface area contributed by atoms with Gasteiger partial charge in [0.15, 0.2) is 0 Å². The van der Waals surface area contributed by atoms with Crippen LogP contribution in [0, 0.1) is 12.3 Å². The zero-order valence-electron chi connectivity index (χ0n) is 11.5. The zero-order valence-corrected chi connectivity index (χ0v) is 11.5. The smallest absolute Gasteiger partial charge is 0.122 e. The van der Waals surface area contributed by atoms with Crippen LogP contribution in [0.15, 0.2) is 16.7 Å². The lowest BCUT2D eigenvalue weighted by Crippen LogP contribution is -2.25. The highest BCUT2D eigenvalue weighted by Gasteiger charge is 2.10. The van der Waals surface area contributed by atoms with Gasteiger partial charge in [-0.2, -0.15) is 0 Å². The summed E-state index contributed by atoms with van der Waals surface area (Å²) < 4.78 is 5.53. The maximum atomic E-state index is 5.53. The van der Waals surface area contributed by atoms with E-state index in [1.54, 1.807) is 6.26 Å². The maximum absolute atomic E-state index is 5.53. The summed E-state index contributed by atoms with van der Waals surface area (Å²) in [7, 11) is 0. The first-order chi connectivity index (χ1) is 8.81. The van der Waals surface area contributed by atoms with Gasteiger partial charge in [0.25, 0.3) is 0 Å². The maximum Gasteiger partial charge on any atom is 0.122 e. The molecule has 1 aromatic heterocycles. The Labute approximate surface area is 111 Å². The van der Waals surface area contributed by atoms with Crippen molar-refractivity contribution in [2.45, 2.75) is 39.8 Å². The summed E-state index contributed by atoms with van der Waals surface area (Å²) in [4.78, 5) is 2.27. The van der Waals surface area contributed by atoms with Gasteiger partial charge >= 0.3 is 0 Å². The minimum Gasteiger partial charge on any atom is -0.468 e. The van der Waals surface area contributed by atoms with E-state index in [1.165, 1.54) is 5.56 Å². The molecule has 0 unspecified atom stereocenters. The van der Waals surface area contributed by atoms with Crippen LogP contribution >= 0.6 is 0 Å². The Kier molecular flexibility index (Phi) is 7.24. The van der Waals surface area contributed by atoms with Gasteiger partial charge in [0.1, 0.15) is 5.76 Å². The molecule has 0 saturated carbocycles. The quantitative estimate of drug-likeness (QED) is 0.538. The van der Waals surface area contributed by atoms with Crippen LogP contribution in [0.4, 0.5) is 0 Å². The minimum absolute atomic E-state index is 0.695. The van der Waals surface area contributed by atoms with Crippen molar-refractivity contribution in [3.05, 3.63) is 23.7 Å². The highest BCUT2D eigenvalue weighted by Crippen LogP contribution is 2.13. The molecule has 0 atom stereocenters. The number of nitrogens with zero attached hydrogens (tertiary/aromatic N) is 1. The molecule has 0 aliphatic rings. The molecule has 1 aromatic rings. The van der Waals surface area contributed by atoms with E-state index in [4.69, 9.17) is 10.8 Å². The molecule has 1 heterocycles. The van der Waals surface area contributed by atoms with E-state index >= 15 is 0 Å². The summed E-state index contributed by atoms with van der Waals surface area (Å²) in [6.07, 6.45) is 9.41. The Morgan fingerprint density at radius 3 is 2.89 bits per heavy atom. The topological polar surface area (TPSA) is 28.4 Å². The van der Waals surface area contributed by atoms with E-state index in [-0.39, 0.29) is 0 Å². The molecule has 0 aliphatic carbocycles. The van der Waals surface area contributed by atoms with Crippen LogP contribution < -0.4 is 5.32 Å². The van der Waals surface area contributed by atoms with E-state index in [9.17, 15) is 0 Å². The summed E-state index contributed by atoms with van der Waals surface area (Å²) >= 11 is 0. The molecule has 0 radical (unpaired) electrons. The van der Waals surface area contributed by atoms with Crippen LogP contribution in [-0.4, -0.2) is 24.5 Å². The highest BCUT2D eigenvalue weighted by atomic mass is 16.3. The van der Waals surface area contributed by atoms with Gasteiger partial charge in [-0.25, -0.2) is 0 Å². The standard InChI is InChI=1S/C15H24N2O/c1-4-8-16-12-15-14(7-11-18-15)13-17(9-5-2)10-6-3/h2,7,11,16H,4,6,8-10,12-13H2,1,3H3. The van der Waals surface area contributed by atoms with Gasteiger partial charge in [-0.15, -0.1) is 6.42 Å². The van der Waals surface area contributed by atoms with E-state index in [2.05, 4.69) is 30.0 Å². The molecule has 0 fully saturated rings. The molecule has 3 heteroatoms. The summed E-state index contributed by atoms with van der Waals surface area (Å²) in [5, 5.41) is 3.36. The molecule has 3 nitrogen and oxygen atoms in total. The second-order valence-electron chi connectivity index (χ2n) is 4.46. The average molecular weight is 248 g/mol. The number of hydrogen-bond donors (Lipinski definition) is 1. The monoisotopic (exact) mass is 248 g/mol. The van der Waals surface area contributed by atoms with Crippen LogP contribution in [0.2, 0.25) is 0 Å². The van der Waals surface area contributed by atoms with Crippen LogP contribution in [0.5, 0.6) is 0 Å². The fourth-order valence-electron chi connectivity index (χ4n) is 1.94. The third kappa shape index (κ3) is 4.95. The molecule has 0 amide bonds. The second kappa shape index (κ2) is 8.79. The molecule has 0 bridgehead atoms. The van der Waals surface area contributed by atoms with Crippen LogP contribution in [0.25, 0.3) is 0 Å². The number of nitrogens with one attached hydrogen (secondary N) is 1. The first kappa shape index (κ1) is 14.8. The molecule has 0 aromatic carbocycles. The molecule has 1 rings (SSSR count). The number of hydrogen-bond acceptors (Lipinski definition) is 3. The summed E-state index contributed by atoms with van der Waals surface area (Å²) in [6.45, 7) is 8.74. The van der Waals surface area contributed by atoms with Gasteiger partial charge in [0, 0.05) is 12.1 Å². The van der Waals surface area contributed by atoms with Crippen molar-refractivity contribution in [2.24, 2.45) is 0 Å². The van der Waals surface area contributed by atoms with Crippen LogP contribution in [0.1, 0.15) is 38.0 Å². The summed E-state index contributed by atoms with van der Waals surface area (Å²) in [5.74, 6) is 3.75. The lowest BCUT2D eigenvalue weighted by molar-refractivity contribution is 0.296. The van der Waals surface area contributed by atoms with E-state index in [1.807, 2.05) is 6.07 Å². The van der Waals surface area contributed by atoms with Gasteiger partial charge < -0.3 is 9.73 Å². The van der Waals surface area contributed by atoms with Crippen molar-refractivity contribution >= 4 is 0 Å². The van der Waals surface area contributed by atoms with Crippen molar-refractivity contribution in [3.63, 3.8) is 0 Å². The van der Waals surface area contributed by atoms with Crippen LogP contribution in [-0.2, 0) is 13.1 Å². The van der Waals surface area contributed by atoms with Gasteiger partial charge in [0.05, 0.1) is 19.4 Å². The highest BCUT2D eigenvalue weighted by molar-refractivity contribution is 5.17. The minimum atomic E-state index is 0.695. The lowest BCUT2D eigenvalue weighted by Gasteiger charge is -2.18.